The molecule has 0 amide bonds. The largest absolute Gasteiger partial charge is 0.489 e. The van der Waals surface area contributed by atoms with Crippen LogP contribution in [0.1, 0.15) is 11.1 Å². The maximum atomic E-state index is 12.7. The first kappa shape index (κ1) is 21.4. The number of ether oxygens (including phenoxy) is 1. The zero-order valence-electron chi connectivity index (χ0n) is 13.6. The lowest BCUT2D eigenvalue weighted by Crippen LogP contribution is -2.55. The van der Waals surface area contributed by atoms with Gasteiger partial charge in [-0.2, -0.15) is 26.3 Å². The number of benzene rings is 2. The molecule has 0 spiro atoms. The van der Waals surface area contributed by atoms with Crippen molar-refractivity contribution >= 4 is 11.8 Å². The Morgan fingerprint density at radius 2 is 1.56 bits per heavy atom. The normalized spacial score (nSPS) is 14.7. The second-order valence-electron chi connectivity index (χ2n) is 5.73. The van der Waals surface area contributed by atoms with Crippen molar-refractivity contribution in [2.24, 2.45) is 5.73 Å². The highest BCUT2D eigenvalue weighted by atomic mass is 32.2. The molecule has 3 N–H and O–H groups in total. The van der Waals surface area contributed by atoms with Gasteiger partial charge in [-0.1, -0.05) is 24.3 Å². The molecule has 0 fully saturated rings. The molecule has 0 aliphatic heterocycles. The van der Waals surface area contributed by atoms with Crippen LogP contribution < -0.4 is 10.5 Å². The van der Waals surface area contributed by atoms with Gasteiger partial charge >= 0.3 is 11.7 Å². The van der Waals surface area contributed by atoms with Crippen LogP contribution in [0.25, 0.3) is 0 Å². The van der Waals surface area contributed by atoms with Gasteiger partial charge in [0.1, 0.15) is 12.4 Å². The molecule has 2 aromatic rings. The van der Waals surface area contributed by atoms with Gasteiger partial charge in [0.2, 0.25) is 5.72 Å². The van der Waals surface area contributed by atoms with Crippen LogP contribution in [0, 0.1) is 0 Å². The van der Waals surface area contributed by atoms with E-state index in [4.69, 9.17) is 10.5 Å². The minimum absolute atomic E-state index is 0.00396. The van der Waals surface area contributed by atoms with Crippen molar-refractivity contribution in [3.05, 3.63) is 59.7 Å². The number of halogens is 6. The lowest BCUT2D eigenvalue weighted by Gasteiger charge is -2.26. The average Bonchev–Trinajstić information content (AvgIpc) is 2.50. The van der Waals surface area contributed by atoms with Gasteiger partial charge in [-0.25, -0.2) is 0 Å². The summed E-state index contributed by atoms with van der Waals surface area (Å²) in [5, 5.41) is 9.34. The minimum Gasteiger partial charge on any atom is -0.489 e. The lowest BCUT2D eigenvalue weighted by atomic mass is 10.0. The molecule has 0 saturated carbocycles. The van der Waals surface area contributed by atoms with E-state index in [0.29, 0.717) is 5.56 Å². The summed E-state index contributed by atoms with van der Waals surface area (Å²) >= 11 is -0.256. The minimum atomic E-state index is -5.00. The number of thioether (sulfide) groups is 1. The Hall–Kier alpha value is -1.91. The predicted octanol–water partition coefficient (Wildman–Crippen LogP) is 4.63. The van der Waals surface area contributed by atoms with Crippen LogP contribution in [0.4, 0.5) is 26.3 Å². The van der Waals surface area contributed by atoms with Gasteiger partial charge in [-0.05, 0) is 47.2 Å². The van der Waals surface area contributed by atoms with Crippen molar-refractivity contribution in [3.8, 4) is 5.75 Å². The second kappa shape index (κ2) is 7.99. The molecule has 27 heavy (non-hydrogen) atoms. The zero-order chi connectivity index (χ0) is 20.3. The molecule has 0 saturated heterocycles. The fourth-order valence-electron chi connectivity index (χ4n) is 2.16. The summed E-state index contributed by atoms with van der Waals surface area (Å²) in [4.78, 5) is -0.00396. The standard InChI is InChI=1S/C17H15F6NO2S/c18-16(19,20)15(24,25)9-11-3-1-5-13(7-11)26-10-12-4-2-6-14(8-12)27-17(21,22)23/h1-8,25H,9-10,24H2. The summed E-state index contributed by atoms with van der Waals surface area (Å²) in [5.74, 6) is 0.194. The van der Waals surface area contributed by atoms with Crippen molar-refractivity contribution in [1.82, 2.24) is 0 Å². The van der Waals surface area contributed by atoms with Crippen molar-refractivity contribution in [2.45, 2.75) is 35.3 Å². The highest BCUT2D eigenvalue weighted by Gasteiger charge is 2.50. The Labute approximate surface area is 155 Å². The summed E-state index contributed by atoms with van der Waals surface area (Å²) in [5.41, 5.74) is -2.34. The first-order chi connectivity index (χ1) is 12.4. The molecule has 0 aliphatic rings. The van der Waals surface area contributed by atoms with Crippen LogP contribution >= 0.6 is 11.8 Å². The predicted molar refractivity (Wildman–Crippen MR) is 88.0 cm³/mol. The van der Waals surface area contributed by atoms with Crippen LogP contribution in [0.5, 0.6) is 5.75 Å². The van der Waals surface area contributed by atoms with Gasteiger partial charge in [-0.3, -0.25) is 5.73 Å². The molecule has 2 rings (SSSR count). The molecule has 0 bridgehead atoms. The molecular weight excluding hydrogens is 396 g/mol. The monoisotopic (exact) mass is 411 g/mol. The molecule has 1 atom stereocenters. The first-order valence-electron chi connectivity index (χ1n) is 7.50. The van der Waals surface area contributed by atoms with E-state index in [1.165, 1.54) is 42.5 Å². The third-order valence-electron chi connectivity index (χ3n) is 3.40. The summed E-state index contributed by atoms with van der Waals surface area (Å²) in [6.07, 6.45) is -5.87. The van der Waals surface area contributed by atoms with Gasteiger partial charge in [0.15, 0.2) is 0 Å². The van der Waals surface area contributed by atoms with Gasteiger partial charge in [-0.15, -0.1) is 0 Å². The van der Waals surface area contributed by atoms with Crippen LogP contribution in [-0.4, -0.2) is 22.5 Å². The fraction of sp³-hybridized carbons (Fsp3) is 0.294. The highest BCUT2D eigenvalue weighted by molar-refractivity contribution is 8.00. The molecule has 0 aliphatic carbocycles. The van der Waals surface area contributed by atoms with E-state index >= 15 is 0 Å². The topological polar surface area (TPSA) is 55.5 Å². The van der Waals surface area contributed by atoms with Crippen LogP contribution in [-0.2, 0) is 13.0 Å². The molecule has 10 heteroatoms. The Morgan fingerprint density at radius 1 is 0.926 bits per heavy atom. The van der Waals surface area contributed by atoms with Crippen molar-refractivity contribution in [1.29, 1.82) is 0 Å². The molecule has 1 unspecified atom stereocenters. The second-order valence-corrected chi connectivity index (χ2v) is 6.87. The van der Waals surface area contributed by atoms with Crippen molar-refractivity contribution < 1.29 is 36.2 Å². The molecular formula is C17H15F6NO2S. The lowest BCUT2D eigenvalue weighted by molar-refractivity contribution is -0.257. The average molecular weight is 411 g/mol. The van der Waals surface area contributed by atoms with E-state index in [0.717, 1.165) is 0 Å². The number of hydrogen-bond acceptors (Lipinski definition) is 4. The number of aliphatic hydroxyl groups is 1. The third-order valence-corrected chi connectivity index (χ3v) is 4.12. The Morgan fingerprint density at radius 3 is 2.19 bits per heavy atom. The van der Waals surface area contributed by atoms with E-state index in [9.17, 15) is 31.4 Å². The van der Waals surface area contributed by atoms with E-state index in [1.54, 1.807) is 6.07 Å². The number of nitrogens with two attached hydrogens (primary N) is 1. The molecule has 0 radical (unpaired) electrons. The van der Waals surface area contributed by atoms with Gasteiger partial charge < -0.3 is 9.84 Å². The number of hydrogen-bond donors (Lipinski definition) is 2. The smallest absolute Gasteiger partial charge is 0.446 e. The molecule has 3 nitrogen and oxygen atoms in total. The van der Waals surface area contributed by atoms with E-state index in [-0.39, 0.29) is 34.6 Å². The van der Waals surface area contributed by atoms with Crippen LogP contribution in [0.15, 0.2) is 53.4 Å². The van der Waals surface area contributed by atoms with E-state index in [2.05, 4.69) is 0 Å². The molecule has 0 heterocycles. The zero-order valence-corrected chi connectivity index (χ0v) is 14.5. The van der Waals surface area contributed by atoms with Gasteiger partial charge in [0, 0.05) is 11.3 Å². The fourth-order valence-corrected chi connectivity index (χ4v) is 2.78. The van der Waals surface area contributed by atoms with Crippen molar-refractivity contribution in [3.63, 3.8) is 0 Å². The van der Waals surface area contributed by atoms with Gasteiger partial charge in [0.25, 0.3) is 0 Å². The van der Waals surface area contributed by atoms with Gasteiger partial charge in [0.05, 0.1) is 0 Å². The number of rotatable bonds is 6. The third kappa shape index (κ3) is 6.64. The Bertz CT molecular complexity index is 777. The number of alkyl halides is 6. The van der Waals surface area contributed by atoms with E-state index < -0.39 is 23.8 Å². The summed E-state index contributed by atoms with van der Waals surface area (Å²) in [6.45, 7) is -0.0815. The maximum absolute atomic E-state index is 12.7. The van der Waals surface area contributed by atoms with Crippen molar-refractivity contribution in [2.75, 3.05) is 0 Å². The maximum Gasteiger partial charge on any atom is 0.446 e. The summed E-state index contributed by atoms with van der Waals surface area (Å²) < 4.78 is 80.6. The van der Waals surface area contributed by atoms with Crippen LogP contribution in [0.2, 0.25) is 0 Å². The summed E-state index contributed by atoms with van der Waals surface area (Å²) in [7, 11) is 0. The Balaban J connectivity index is 2.04. The molecule has 148 valence electrons. The van der Waals surface area contributed by atoms with Crippen LogP contribution in [0.3, 0.4) is 0 Å². The summed E-state index contributed by atoms with van der Waals surface area (Å²) in [6, 6.07) is 11.1. The first-order valence-corrected chi connectivity index (χ1v) is 8.32. The molecule has 0 aromatic heterocycles. The molecule has 2 aromatic carbocycles. The Kier molecular flexibility index (Phi) is 6.33. The SMILES string of the molecule is NC(O)(Cc1cccc(OCc2cccc(SC(F)(F)F)c2)c1)C(F)(F)F. The van der Waals surface area contributed by atoms with E-state index in [1.807, 2.05) is 0 Å². The quantitative estimate of drug-likeness (QED) is 0.414. The highest BCUT2D eigenvalue weighted by Crippen LogP contribution is 2.37.